The van der Waals surface area contributed by atoms with Crippen molar-refractivity contribution in [1.29, 1.82) is 0 Å². The lowest BCUT2D eigenvalue weighted by molar-refractivity contribution is 0.545. The van der Waals surface area contributed by atoms with Gasteiger partial charge in [0, 0.05) is 17.0 Å². The van der Waals surface area contributed by atoms with Crippen LogP contribution >= 0.6 is 11.6 Å². The van der Waals surface area contributed by atoms with Crippen molar-refractivity contribution in [2.45, 2.75) is 40.0 Å². The summed E-state index contributed by atoms with van der Waals surface area (Å²) in [5.74, 6) is 0.330. The zero-order valence-corrected chi connectivity index (χ0v) is 13.1. The molecule has 0 atom stereocenters. The summed E-state index contributed by atoms with van der Waals surface area (Å²) >= 11 is 6.07. The summed E-state index contributed by atoms with van der Waals surface area (Å²) < 4.78 is 14.3. The second kappa shape index (κ2) is 5.13. The third kappa shape index (κ3) is 2.98. The SMILES string of the molecule is Cc1cc(C)c(-c2cc(Cl)nc(C(C)(C)C)n2)c(F)c1. The first kappa shape index (κ1) is 14.9. The lowest BCUT2D eigenvalue weighted by Gasteiger charge is -2.18. The zero-order chi connectivity index (χ0) is 15.1. The first-order chi connectivity index (χ1) is 9.18. The molecule has 0 aliphatic carbocycles. The van der Waals surface area contributed by atoms with E-state index in [9.17, 15) is 4.39 Å². The van der Waals surface area contributed by atoms with Crippen LogP contribution in [0.5, 0.6) is 0 Å². The molecule has 0 amide bonds. The summed E-state index contributed by atoms with van der Waals surface area (Å²) in [6.45, 7) is 9.74. The van der Waals surface area contributed by atoms with E-state index in [-0.39, 0.29) is 11.2 Å². The van der Waals surface area contributed by atoms with Gasteiger partial charge < -0.3 is 0 Å². The molecule has 2 aromatic rings. The predicted molar refractivity (Wildman–Crippen MR) is 80.6 cm³/mol. The van der Waals surface area contributed by atoms with Gasteiger partial charge in [0.1, 0.15) is 16.8 Å². The summed E-state index contributed by atoms with van der Waals surface area (Å²) in [5.41, 5.74) is 2.52. The smallest absolute Gasteiger partial charge is 0.136 e. The molecule has 0 N–H and O–H groups in total. The first-order valence-corrected chi connectivity index (χ1v) is 6.88. The number of benzene rings is 1. The molecule has 2 rings (SSSR count). The second-order valence-corrected chi connectivity index (χ2v) is 6.48. The van der Waals surface area contributed by atoms with Crippen LogP contribution in [0, 0.1) is 19.7 Å². The maximum atomic E-state index is 14.3. The molecule has 2 nitrogen and oxygen atoms in total. The van der Waals surface area contributed by atoms with E-state index in [0.29, 0.717) is 22.2 Å². The van der Waals surface area contributed by atoms with Gasteiger partial charge in [-0.2, -0.15) is 0 Å². The molecule has 106 valence electrons. The van der Waals surface area contributed by atoms with Crippen LogP contribution in [-0.2, 0) is 5.41 Å². The highest BCUT2D eigenvalue weighted by molar-refractivity contribution is 6.29. The third-order valence-corrected chi connectivity index (χ3v) is 3.25. The van der Waals surface area contributed by atoms with E-state index in [1.165, 1.54) is 6.07 Å². The Kier molecular flexibility index (Phi) is 3.83. The van der Waals surface area contributed by atoms with Crippen LogP contribution in [-0.4, -0.2) is 9.97 Å². The molecule has 1 aromatic heterocycles. The molecular weight excluding hydrogens is 275 g/mol. The van der Waals surface area contributed by atoms with Gasteiger partial charge in [-0.15, -0.1) is 0 Å². The molecule has 1 heterocycles. The molecule has 0 unspecified atom stereocenters. The van der Waals surface area contributed by atoms with Crippen molar-refractivity contribution in [2.75, 3.05) is 0 Å². The minimum Gasteiger partial charge on any atom is -0.232 e. The zero-order valence-electron chi connectivity index (χ0n) is 12.4. The predicted octanol–water partition coefficient (Wildman–Crippen LogP) is 4.85. The Bertz CT molecular complexity index is 637. The van der Waals surface area contributed by atoms with E-state index in [0.717, 1.165) is 11.1 Å². The van der Waals surface area contributed by atoms with Crippen molar-refractivity contribution >= 4 is 11.6 Å². The molecule has 0 fully saturated rings. The number of aryl methyl sites for hydroxylation is 2. The Hall–Kier alpha value is -1.48. The average molecular weight is 293 g/mol. The number of aromatic nitrogens is 2. The van der Waals surface area contributed by atoms with E-state index in [1.54, 1.807) is 6.07 Å². The van der Waals surface area contributed by atoms with Gasteiger partial charge in [0.05, 0.1) is 5.69 Å². The van der Waals surface area contributed by atoms with Gasteiger partial charge in [0.2, 0.25) is 0 Å². The number of nitrogens with zero attached hydrogens (tertiary/aromatic N) is 2. The van der Waals surface area contributed by atoms with Crippen molar-refractivity contribution in [2.24, 2.45) is 0 Å². The van der Waals surface area contributed by atoms with Crippen LogP contribution in [0.25, 0.3) is 11.3 Å². The van der Waals surface area contributed by atoms with Gasteiger partial charge in [0.25, 0.3) is 0 Å². The minimum absolute atomic E-state index is 0.241. The van der Waals surface area contributed by atoms with Crippen LogP contribution in [0.3, 0.4) is 0 Å². The fourth-order valence-electron chi connectivity index (χ4n) is 2.12. The van der Waals surface area contributed by atoms with E-state index in [4.69, 9.17) is 11.6 Å². The van der Waals surface area contributed by atoms with Crippen LogP contribution in [0.2, 0.25) is 5.15 Å². The lowest BCUT2D eigenvalue weighted by atomic mass is 9.95. The number of hydrogen-bond donors (Lipinski definition) is 0. The molecule has 0 radical (unpaired) electrons. The van der Waals surface area contributed by atoms with Gasteiger partial charge in [-0.25, -0.2) is 14.4 Å². The van der Waals surface area contributed by atoms with Gasteiger partial charge >= 0.3 is 0 Å². The van der Waals surface area contributed by atoms with Crippen LogP contribution in [0.15, 0.2) is 18.2 Å². The lowest BCUT2D eigenvalue weighted by Crippen LogP contribution is -2.16. The number of rotatable bonds is 1. The molecule has 20 heavy (non-hydrogen) atoms. The van der Waals surface area contributed by atoms with Crippen molar-refractivity contribution in [1.82, 2.24) is 9.97 Å². The van der Waals surface area contributed by atoms with Crippen molar-refractivity contribution in [3.05, 3.63) is 46.1 Å². The summed E-state index contributed by atoms with van der Waals surface area (Å²) in [6, 6.07) is 5.05. The molecule has 0 saturated heterocycles. The van der Waals surface area contributed by atoms with E-state index < -0.39 is 0 Å². The summed E-state index contributed by atoms with van der Waals surface area (Å²) in [6.07, 6.45) is 0. The average Bonchev–Trinajstić information content (AvgIpc) is 2.25. The molecule has 0 bridgehead atoms. The Balaban J connectivity index is 2.68. The highest BCUT2D eigenvalue weighted by atomic mass is 35.5. The van der Waals surface area contributed by atoms with Crippen molar-refractivity contribution in [3.8, 4) is 11.3 Å². The second-order valence-electron chi connectivity index (χ2n) is 6.09. The van der Waals surface area contributed by atoms with Crippen LogP contribution in [0.1, 0.15) is 37.7 Å². The number of hydrogen-bond acceptors (Lipinski definition) is 2. The number of halogens is 2. The Morgan fingerprint density at radius 2 is 1.70 bits per heavy atom. The van der Waals surface area contributed by atoms with Crippen LogP contribution < -0.4 is 0 Å². The van der Waals surface area contributed by atoms with Crippen molar-refractivity contribution in [3.63, 3.8) is 0 Å². The largest absolute Gasteiger partial charge is 0.232 e. The molecule has 0 aliphatic rings. The van der Waals surface area contributed by atoms with Gasteiger partial charge in [-0.1, -0.05) is 38.4 Å². The maximum Gasteiger partial charge on any atom is 0.136 e. The summed E-state index contributed by atoms with van der Waals surface area (Å²) in [7, 11) is 0. The summed E-state index contributed by atoms with van der Waals surface area (Å²) in [4.78, 5) is 8.73. The monoisotopic (exact) mass is 292 g/mol. The highest BCUT2D eigenvalue weighted by Crippen LogP contribution is 2.30. The molecule has 0 spiro atoms. The maximum absolute atomic E-state index is 14.3. The fourth-order valence-corrected chi connectivity index (χ4v) is 2.30. The normalized spacial score (nSPS) is 11.8. The molecule has 4 heteroatoms. The highest BCUT2D eigenvalue weighted by Gasteiger charge is 2.20. The molecule has 1 aromatic carbocycles. The van der Waals surface area contributed by atoms with Gasteiger partial charge in [-0.3, -0.25) is 0 Å². The Morgan fingerprint density at radius 3 is 2.25 bits per heavy atom. The first-order valence-electron chi connectivity index (χ1n) is 6.50. The third-order valence-electron chi connectivity index (χ3n) is 3.05. The Labute approximate surface area is 124 Å². The van der Waals surface area contributed by atoms with E-state index >= 15 is 0 Å². The van der Waals surface area contributed by atoms with Gasteiger partial charge in [-0.05, 0) is 31.0 Å². The topological polar surface area (TPSA) is 25.8 Å². The van der Waals surface area contributed by atoms with Crippen LogP contribution in [0.4, 0.5) is 4.39 Å². The Morgan fingerprint density at radius 1 is 1.05 bits per heavy atom. The van der Waals surface area contributed by atoms with E-state index in [2.05, 4.69) is 9.97 Å². The van der Waals surface area contributed by atoms with Gasteiger partial charge in [0.15, 0.2) is 0 Å². The standard InChI is InChI=1S/C16H18ClFN2/c1-9-6-10(2)14(11(18)7-9)12-8-13(17)20-15(19-12)16(3,4)5/h6-8H,1-5H3. The molecule has 0 saturated carbocycles. The minimum atomic E-state index is -0.280. The summed E-state index contributed by atoms with van der Waals surface area (Å²) in [5, 5.41) is 0.333. The molecule has 0 aliphatic heterocycles. The molecular formula is C16H18ClFN2. The van der Waals surface area contributed by atoms with Crippen molar-refractivity contribution < 1.29 is 4.39 Å². The van der Waals surface area contributed by atoms with E-state index in [1.807, 2.05) is 40.7 Å². The quantitative estimate of drug-likeness (QED) is 0.702. The fraction of sp³-hybridized carbons (Fsp3) is 0.375.